The Hall–Kier alpha value is -1.07. The molecule has 0 aliphatic heterocycles. The molecule has 0 bridgehead atoms. The maximum Gasteiger partial charge on any atom is 0.100 e. The molecule has 1 unspecified atom stereocenters. The van der Waals surface area contributed by atoms with Crippen LogP contribution in [-0.4, -0.2) is 0 Å². The van der Waals surface area contributed by atoms with Crippen LogP contribution in [-0.2, 0) is 0 Å². The van der Waals surface area contributed by atoms with Crippen molar-refractivity contribution in [2.75, 3.05) is 0 Å². The maximum absolute atomic E-state index is 8.69. The number of hydrogen-bond acceptors (Lipinski definition) is 1. The van der Waals surface area contributed by atoms with Gasteiger partial charge in [-0.15, -0.1) is 6.58 Å². The maximum atomic E-state index is 8.69. The van der Waals surface area contributed by atoms with E-state index in [9.17, 15) is 0 Å². The van der Waals surface area contributed by atoms with Crippen LogP contribution in [0.3, 0.4) is 0 Å². The Balaban J connectivity index is 3.11. The van der Waals surface area contributed by atoms with Crippen LogP contribution in [0.25, 0.3) is 0 Å². The second kappa shape index (κ2) is 4.25. The number of benzene rings is 1. The molecule has 1 aromatic carbocycles. The summed E-state index contributed by atoms with van der Waals surface area (Å²) in [6, 6.07) is 7.66. The number of hydrogen-bond donors (Lipinski definition) is 0. The molecule has 0 aliphatic carbocycles. The third kappa shape index (κ3) is 2.19. The van der Waals surface area contributed by atoms with Crippen LogP contribution >= 0.6 is 15.9 Å². The minimum atomic E-state index is 0.0732. The molecular weight excluding hydrogens is 226 g/mol. The highest BCUT2D eigenvalue weighted by molar-refractivity contribution is 9.10. The second-order valence-corrected chi connectivity index (χ2v) is 3.55. The summed E-state index contributed by atoms with van der Waals surface area (Å²) in [5.41, 5.74) is 1.70. The van der Waals surface area contributed by atoms with Gasteiger partial charge >= 0.3 is 0 Å². The first kappa shape index (κ1) is 10.0. The Kier molecular flexibility index (Phi) is 3.27. The van der Waals surface area contributed by atoms with Gasteiger partial charge in [0.25, 0.3) is 0 Å². The van der Waals surface area contributed by atoms with Crippen LogP contribution in [0, 0.1) is 18.3 Å². The summed E-state index contributed by atoms with van der Waals surface area (Å²) in [6.07, 6.45) is 1.77. The van der Waals surface area contributed by atoms with Crippen molar-refractivity contribution in [1.82, 2.24) is 0 Å². The predicted molar refractivity (Wildman–Crippen MR) is 57.2 cm³/mol. The third-order valence-corrected chi connectivity index (χ3v) is 2.48. The summed E-state index contributed by atoms with van der Waals surface area (Å²) < 4.78 is 0.808. The van der Waals surface area contributed by atoms with E-state index in [0.29, 0.717) is 5.56 Å². The predicted octanol–water partition coefficient (Wildman–Crippen LogP) is 3.42. The van der Waals surface area contributed by atoms with Crippen molar-refractivity contribution in [3.63, 3.8) is 0 Å². The fourth-order valence-electron chi connectivity index (χ4n) is 0.989. The summed E-state index contributed by atoms with van der Waals surface area (Å²) in [7, 11) is 0. The van der Waals surface area contributed by atoms with E-state index in [1.54, 1.807) is 12.1 Å². The average Bonchev–Trinajstić information content (AvgIpc) is 2.16. The van der Waals surface area contributed by atoms with Crippen molar-refractivity contribution in [3.8, 4) is 6.07 Å². The minimum absolute atomic E-state index is 0.0732. The zero-order valence-electron chi connectivity index (χ0n) is 7.13. The second-order valence-electron chi connectivity index (χ2n) is 2.69. The Bertz CT molecular complexity index is 363. The molecule has 0 heterocycles. The SMILES string of the molecule is [CH2]C(C=C)c1ccc(C#N)c(Br)c1. The summed E-state index contributed by atoms with van der Waals surface area (Å²) in [6.45, 7) is 7.57. The van der Waals surface area contributed by atoms with Gasteiger partial charge in [-0.1, -0.05) is 12.1 Å². The lowest BCUT2D eigenvalue weighted by Gasteiger charge is -2.06. The molecule has 65 valence electrons. The standard InChI is InChI=1S/C11H9BrN/c1-3-8(2)9-4-5-10(7-13)11(12)6-9/h3-6,8H,1-2H2. The fraction of sp³-hybridized carbons (Fsp3) is 0.0909. The fourth-order valence-corrected chi connectivity index (χ4v) is 1.47. The van der Waals surface area contributed by atoms with E-state index in [-0.39, 0.29) is 5.92 Å². The number of rotatable bonds is 2. The van der Waals surface area contributed by atoms with E-state index >= 15 is 0 Å². The van der Waals surface area contributed by atoms with Gasteiger partial charge in [0.2, 0.25) is 0 Å². The molecule has 1 atom stereocenters. The Morgan fingerprint density at radius 3 is 2.69 bits per heavy atom. The highest BCUT2D eigenvalue weighted by Gasteiger charge is 2.04. The van der Waals surface area contributed by atoms with Crippen LogP contribution < -0.4 is 0 Å². The van der Waals surface area contributed by atoms with Crippen LogP contribution in [0.1, 0.15) is 17.0 Å². The number of nitriles is 1. The molecule has 2 heteroatoms. The molecule has 1 aromatic rings. The highest BCUT2D eigenvalue weighted by atomic mass is 79.9. The number of allylic oxidation sites excluding steroid dienone is 1. The first-order chi connectivity index (χ1) is 6.19. The average molecular weight is 235 g/mol. The molecule has 1 radical (unpaired) electrons. The number of halogens is 1. The van der Waals surface area contributed by atoms with Crippen molar-refractivity contribution in [2.45, 2.75) is 5.92 Å². The molecule has 0 amide bonds. The van der Waals surface area contributed by atoms with Gasteiger partial charge in [-0.25, -0.2) is 0 Å². The largest absolute Gasteiger partial charge is 0.192 e. The third-order valence-electron chi connectivity index (χ3n) is 1.83. The molecule has 0 fully saturated rings. The van der Waals surface area contributed by atoms with E-state index in [1.807, 2.05) is 12.1 Å². The van der Waals surface area contributed by atoms with Gasteiger partial charge in [-0.05, 0) is 40.5 Å². The van der Waals surface area contributed by atoms with Gasteiger partial charge in [0, 0.05) is 10.4 Å². The van der Waals surface area contributed by atoms with E-state index in [2.05, 4.69) is 35.5 Å². The van der Waals surface area contributed by atoms with Crippen LogP contribution in [0.4, 0.5) is 0 Å². The van der Waals surface area contributed by atoms with Gasteiger partial charge in [0.15, 0.2) is 0 Å². The highest BCUT2D eigenvalue weighted by Crippen LogP contribution is 2.23. The number of nitrogens with zero attached hydrogens (tertiary/aromatic N) is 1. The topological polar surface area (TPSA) is 23.8 Å². The van der Waals surface area contributed by atoms with Crippen molar-refractivity contribution in [3.05, 3.63) is 53.4 Å². The monoisotopic (exact) mass is 234 g/mol. The van der Waals surface area contributed by atoms with E-state index in [1.165, 1.54) is 0 Å². The molecule has 1 rings (SSSR count). The molecule has 0 aliphatic rings. The van der Waals surface area contributed by atoms with Crippen molar-refractivity contribution >= 4 is 15.9 Å². The van der Waals surface area contributed by atoms with Crippen molar-refractivity contribution in [2.24, 2.45) is 0 Å². The lowest BCUT2D eigenvalue weighted by molar-refractivity contribution is 1.08. The first-order valence-corrected chi connectivity index (χ1v) is 4.63. The Labute approximate surface area is 86.8 Å². The van der Waals surface area contributed by atoms with Crippen LogP contribution in [0.2, 0.25) is 0 Å². The smallest absolute Gasteiger partial charge is 0.100 e. The van der Waals surface area contributed by atoms with Gasteiger partial charge < -0.3 is 0 Å². The normalized spacial score (nSPS) is 11.8. The Morgan fingerprint density at radius 1 is 1.54 bits per heavy atom. The van der Waals surface area contributed by atoms with Gasteiger partial charge in [-0.2, -0.15) is 5.26 Å². The van der Waals surface area contributed by atoms with Gasteiger partial charge in [0.05, 0.1) is 5.56 Å². The van der Waals surface area contributed by atoms with Gasteiger partial charge in [0.1, 0.15) is 6.07 Å². The van der Waals surface area contributed by atoms with Crippen molar-refractivity contribution < 1.29 is 0 Å². The molecule has 0 spiro atoms. The van der Waals surface area contributed by atoms with Crippen LogP contribution in [0.5, 0.6) is 0 Å². The van der Waals surface area contributed by atoms with E-state index in [4.69, 9.17) is 5.26 Å². The summed E-state index contributed by atoms with van der Waals surface area (Å²) in [5, 5.41) is 8.69. The molecule has 0 aromatic heterocycles. The quantitative estimate of drug-likeness (QED) is 0.720. The zero-order valence-corrected chi connectivity index (χ0v) is 8.71. The van der Waals surface area contributed by atoms with Gasteiger partial charge in [-0.3, -0.25) is 0 Å². The summed E-state index contributed by atoms with van der Waals surface area (Å²) in [5.74, 6) is 0.0732. The zero-order chi connectivity index (χ0) is 9.84. The molecule has 1 nitrogen and oxygen atoms in total. The lowest BCUT2D eigenvalue weighted by Crippen LogP contribution is -1.89. The molecule has 0 saturated heterocycles. The van der Waals surface area contributed by atoms with Crippen molar-refractivity contribution in [1.29, 1.82) is 5.26 Å². The van der Waals surface area contributed by atoms with E-state index < -0.39 is 0 Å². The summed E-state index contributed by atoms with van der Waals surface area (Å²) in [4.78, 5) is 0. The first-order valence-electron chi connectivity index (χ1n) is 3.84. The van der Waals surface area contributed by atoms with E-state index in [0.717, 1.165) is 10.0 Å². The lowest BCUT2D eigenvalue weighted by atomic mass is 10.0. The van der Waals surface area contributed by atoms with Crippen LogP contribution in [0.15, 0.2) is 35.3 Å². The molecule has 0 saturated carbocycles. The summed E-state index contributed by atoms with van der Waals surface area (Å²) >= 11 is 3.32. The molecular formula is C11H9BrN. The molecule has 0 N–H and O–H groups in total. The Morgan fingerprint density at radius 2 is 2.23 bits per heavy atom. The minimum Gasteiger partial charge on any atom is -0.192 e. The molecule has 13 heavy (non-hydrogen) atoms.